The number of methoxy groups -OCH3 is 2. The van der Waals surface area contributed by atoms with E-state index < -0.39 is 11.9 Å². The number of benzene rings is 1. The zero-order valence-electron chi connectivity index (χ0n) is 13.8. The molecule has 0 aliphatic carbocycles. The average Bonchev–Trinajstić information content (AvgIpc) is 2.55. The van der Waals surface area contributed by atoms with E-state index in [1.807, 2.05) is 6.92 Å². The van der Waals surface area contributed by atoms with Crippen molar-refractivity contribution in [3.05, 3.63) is 17.2 Å². The highest BCUT2D eigenvalue weighted by molar-refractivity contribution is 6.32. The molecule has 0 spiro atoms. The Balaban J connectivity index is 2.18. The highest BCUT2D eigenvalue weighted by atomic mass is 35.5. The first-order valence-electron chi connectivity index (χ1n) is 7.56. The highest BCUT2D eigenvalue weighted by Gasteiger charge is 2.32. The Morgan fingerprint density at radius 1 is 1.25 bits per heavy atom. The molecule has 132 valence electrons. The zero-order chi connectivity index (χ0) is 17.9. The average molecular weight is 357 g/mol. The number of halogens is 1. The van der Waals surface area contributed by atoms with E-state index in [1.165, 1.54) is 19.1 Å². The molecule has 2 unspecified atom stereocenters. The molecule has 8 heteroatoms. The standard InChI is InChI=1S/C16H21ClN2O5/c1-9-4-10(15(20)21)8-19(7-9)16(22)18-12-6-13(23-2)11(17)5-14(12)24-3/h5-6,9-10H,4,7-8H2,1-3H3,(H,18,22)(H,20,21). The van der Waals surface area contributed by atoms with Gasteiger partial charge in [0.25, 0.3) is 0 Å². The van der Waals surface area contributed by atoms with Crippen LogP contribution in [0.25, 0.3) is 0 Å². The molecule has 1 aliphatic heterocycles. The van der Waals surface area contributed by atoms with E-state index >= 15 is 0 Å². The fourth-order valence-electron chi connectivity index (χ4n) is 2.85. The molecule has 1 saturated heterocycles. The first-order valence-corrected chi connectivity index (χ1v) is 7.93. The third kappa shape index (κ3) is 4.03. The number of nitrogens with one attached hydrogen (secondary N) is 1. The Kier molecular flexibility index (Phi) is 5.77. The molecule has 24 heavy (non-hydrogen) atoms. The number of likely N-dealkylation sites (tertiary alicyclic amines) is 1. The Hall–Kier alpha value is -2.15. The lowest BCUT2D eigenvalue weighted by Crippen LogP contribution is -2.47. The number of piperidine rings is 1. The van der Waals surface area contributed by atoms with E-state index in [9.17, 15) is 14.7 Å². The van der Waals surface area contributed by atoms with Crippen molar-refractivity contribution in [3.8, 4) is 11.5 Å². The summed E-state index contributed by atoms with van der Waals surface area (Å²) in [6.07, 6.45) is 0.567. The summed E-state index contributed by atoms with van der Waals surface area (Å²) in [6.45, 7) is 2.61. The smallest absolute Gasteiger partial charge is 0.321 e. The van der Waals surface area contributed by atoms with Gasteiger partial charge >= 0.3 is 12.0 Å². The molecule has 0 saturated carbocycles. The van der Waals surface area contributed by atoms with Gasteiger partial charge in [0.2, 0.25) is 0 Å². The van der Waals surface area contributed by atoms with Gasteiger partial charge in [0.1, 0.15) is 11.5 Å². The van der Waals surface area contributed by atoms with Crippen molar-refractivity contribution < 1.29 is 24.2 Å². The summed E-state index contributed by atoms with van der Waals surface area (Å²) >= 11 is 6.05. The number of anilines is 1. The van der Waals surface area contributed by atoms with E-state index in [2.05, 4.69) is 5.32 Å². The van der Waals surface area contributed by atoms with Gasteiger partial charge in [-0.3, -0.25) is 4.79 Å². The topological polar surface area (TPSA) is 88.1 Å². The summed E-state index contributed by atoms with van der Waals surface area (Å²) in [7, 11) is 2.94. The number of urea groups is 1. The second-order valence-electron chi connectivity index (χ2n) is 5.90. The van der Waals surface area contributed by atoms with Crippen LogP contribution in [0.3, 0.4) is 0 Å². The van der Waals surface area contributed by atoms with Crippen LogP contribution in [-0.2, 0) is 4.79 Å². The van der Waals surface area contributed by atoms with E-state index in [1.54, 1.807) is 12.1 Å². The second kappa shape index (κ2) is 7.61. The molecule has 0 radical (unpaired) electrons. The van der Waals surface area contributed by atoms with Gasteiger partial charge in [-0.1, -0.05) is 18.5 Å². The van der Waals surface area contributed by atoms with Crippen molar-refractivity contribution in [2.75, 3.05) is 32.6 Å². The monoisotopic (exact) mass is 356 g/mol. The van der Waals surface area contributed by atoms with Crippen LogP contribution < -0.4 is 14.8 Å². The van der Waals surface area contributed by atoms with Gasteiger partial charge in [0.15, 0.2) is 0 Å². The number of amides is 2. The van der Waals surface area contributed by atoms with Gasteiger partial charge in [-0.2, -0.15) is 0 Å². The first-order chi connectivity index (χ1) is 11.3. The number of carboxylic acids is 1. The fourth-order valence-corrected chi connectivity index (χ4v) is 3.08. The van der Waals surface area contributed by atoms with Crippen LogP contribution in [0.5, 0.6) is 11.5 Å². The van der Waals surface area contributed by atoms with E-state index in [-0.39, 0.29) is 18.5 Å². The minimum atomic E-state index is -0.884. The molecule has 0 bridgehead atoms. The second-order valence-corrected chi connectivity index (χ2v) is 6.31. The van der Waals surface area contributed by atoms with Crippen LogP contribution in [-0.4, -0.2) is 49.3 Å². The largest absolute Gasteiger partial charge is 0.495 e. The molecule has 1 aromatic carbocycles. The minimum Gasteiger partial charge on any atom is -0.495 e. The number of carbonyl (C=O) groups is 2. The lowest BCUT2D eigenvalue weighted by molar-refractivity contribution is -0.143. The molecule has 2 atom stereocenters. The fraction of sp³-hybridized carbons (Fsp3) is 0.500. The van der Waals surface area contributed by atoms with Gasteiger partial charge in [0, 0.05) is 25.2 Å². The number of hydrogen-bond acceptors (Lipinski definition) is 4. The van der Waals surface area contributed by atoms with Crippen LogP contribution >= 0.6 is 11.6 Å². The van der Waals surface area contributed by atoms with Gasteiger partial charge < -0.3 is 24.8 Å². The van der Waals surface area contributed by atoms with Gasteiger partial charge in [0.05, 0.1) is 30.8 Å². The van der Waals surface area contributed by atoms with Crippen molar-refractivity contribution in [2.45, 2.75) is 13.3 Å². The van der Waals surface area contributed by atoms with E-state index in [0.29, 0.717) is 35.2 Å². The molecular formula is C16H21ClN2O5. The zero-order valence-corrected chi connectivity index (χ0v) is 14.6. The maximum atomic E-state index is 12.5. The van der Waals surface area contributed by atoms with Crippen molar-refractivity contribution in [3.63, 3.8) is 0 Å². The van der Waals surface area contributed by atoms with Crippen molar-refractivity contribution in [1.82, 2.24) is 4.90 Å². The molecule has 7 nitrogen and oxygen atoms in total. The number of rotatable bonds is 4. The first kappa shape index (κ1) is 18.2. The summed E-state index contributed by atoms with van der Waals surface area (Å²) in [4.78, 5) is 25.3. The molecule has 1 aromatic rings. The summed E-state index contributed by atoms with van der Waals surface area (Å²) in [5.74, 6) is -0.518. The Morgan fingerprint density at radius 3 is 2.50 bits per heavy atom. The molecule has 1 fully saturated rings. The number of carboxylic acid groups (broad SMARTS) is 1. The van der Waals surface area contributed by atoms with Crippen LogP contribution in [0.2, 0.25) is 5.02 Å². The van der Waals surface area contributed by atoms with Crippen LogP contribution in [0, 0.1) is 11.8 Å². The molecule has 2 N–H and O–H groups in total. The van der Waals surface area contributed by atoms with E-state index in [0.717, 1.165) is 0 Å². The molecular weight excluding hydrogens is 336 g/mol. The van der Waals surface area contributed by atoms with Crippen molar-refractivity contribution in [2.24, 2.45) is 11.8 Å². The van der Waals surface area contributed by atoms with Gasteiger partial charge in [-0.05, 0) is 12.3 Å². The minimum absolute atomic E-state index is 0.118. The molecule has 1 aliphatic rings. The van der Waals surface area contributed by atoms with Crippen molar-refractivity contribution in [1.29, 1.82) is 0 Å². The lowest BCUT2D eigenvalue weighted by atomic mass is 9.91. The van der Waals surface area contributed by atoms with Crippen molar-refractivity contribution >= 4 is 29.3 Å². The number of nitrogens with zero attached hydrogens (tertiary/aromatic N) is 1. The van der Waals surface area contributed by atoms with Crippen LogP contribution in [0.4, 0.5) is 10.5 Å². The number of hydrogen-bond donors (Lipinski definition) is 2. The third-order valence-electron chi connectivity index (χ3n) is 4.01. The number of ether oxygens (including phenoxy) is 2. The molecule has 2 rings (SSSR count). The summed E-state index contributed by atoms with van der Waals surface area (Å²) in [6, 6.07) is 2.74. The normalized spacial score (nSPS) is 20.4. The maximum absolute atomic E-state index is 12.5. The molecule has 1 heterocycles. The summed E-state index contributed by atoms with van der Waals surface area (Å²) < 4.78 is 10.4. The maximum Gasteiger partial charge on any atom is 0.321 e. The number of aliphatic carboxylic acids is 1. The van der Waals surface area contributed by atoms with Crippen LogP contribution in [0.15, 0.2) is 12.1 Å². The molecule has 2 amide bonds. The van der Waals surface area contributed by atoms with Crippen LogP contribution in [0.1, 0.15) is 13.3 Å². The SMILES string of the molecule is COc1cc(NC(=O)N2CC(C)CC(C(=O)O)C2)c(OC)cc1Cl. The Labute approximate surface area is 145 Å². The van der Waals surface area contributed by atoms with E-state index in [4.69, 9.17) is 21.1 Å². The quantitative estimate of drug-likeness (QED) is 0.866. The lowest BCUT2D eigenvalue weighted by Gasteiger charge is -2.34. The third-order valence-corrected chi connectivity index (χ3v) is 4.31. The number of carbonyl (C=O) groups excluding carboxylic acids is 1. The summed E-state index contributed by atoms with van der Waals surface area (Å²) in [5, 5.41) is 12.3. The Bertz CT molecular complexity index is 637. The predicted molar refractivity (Wildman–Crippen MR) is 90.1 cm³/mol. The predicted octanol–water partition coefficient (Wildman–Crippen LogP) is 2.93. The van der Waals surface area contributed by atoms with Gasteiger partial charge in [-0.15, -0.1) is 0 Å². The summed E-state index contributed by atoms with van der Waals surface area (Å²) in [5.41, 5.74) is 0.411. The van der Waals surface area contributed by atoms with Gasteiger partial charge in [-0.25, -0.2) is 4.79 Å². The Morgan fingerprint density at radius 2 is 1.92 bits per heavy atom. The molecule has 0 aromatic heterocycles. The highest BCUT2D eigenvalue weighted by Crippen LogP contribution is 2.36.